The smallest absolute Gasteiger partial charge is 0.326 e. The minimum Gasteiger partial charge on any atom is -0.480 e. The van der Waals surface area contributed by atoms with E-state index in [9.17, 15) is 19.5 Å². The number of aliphatic carboxylic acids is 1. The zero-order chi connectivity index (χ0) is 17.4. The van der Waals surface area contributed by atoms with Crippen LogP contribution in [0.15, 0.2) is 42.5 Å². The third kappa shape index (κ3) is 6.78. The van der Waals surface area contributed by atoms with E-state index in [0.29, 0.717) is 5.57 Å². The van der Waals surface area contributed by atoms with Gasteiger partial charge in [0.15, 0.2) is 0 Å². The lowest BCUT2D eigenvalue weighted by atomic mass is 10.0. The molecule has 6 nitrogen and oxygen atoms in total. The van der Waals surface area contributed by atoms with E-state index in [1.54, 1.807) is 6.92 Å². The molecule has 1 aromatic rings. The molecule has 6 heteroatoms. The molecule has 2 amide bonds. The Balaban J connectivity index is 2.83. The summed E-state index contributed by atoms with van der Waals surface area (Å²) < 4.78 is 0. The lowest BCUT2D eigenvalue weighted by Gasteiger charge is -2.21. The molecule has 0 aliphatic carbocycles. The molecule has 1 aromatic carbocycles. The van der Waals surface area contributed by atoms with E-state index in [-0.39, 0.29) is 18.7 Å². The van der Waals surface area contributed by atoms with Crippen molar-refractivity contribution in [3.05, 3.63) is 48.0 Å². The third-order valence-corrected chi connectivity index (χ3v) is 3.14. The normalized spacial score (nSPS) is 12.8. The average Bonchev–Trinajstić information content (AvgIpc) is 2.45. The van der Waals surface area contributed by atoms with Gasteiger partial charge in [-0.05, 0) is 18.9 Å². The van der Waals surface area contributed by atoms with Gasteiger partial charge >= 0.3 is 5.97 Å². The maximum absolute atomic E-state index is 12.4. The number of hydrogen-bond acceptors (Lipinski definition) is 3. The Bertz CT molecular complexity index is 584. The summed E-state index contributed by atoms with van der Waals surface area (Å²) in [4.78, 5) is 34.9. The van der Waals surface area contributed by atoms with Crippen LogP contribution in [-0.4, -0.2) is 35.0 Å². The Morgan fingerprint density at radius 1 is 1.09 bits per heavy atom. The first-order chi connectivity index (χ1) is 10.8. The molecule has 2 atom stereocenters. The number of amides is 2. The fraction of sp³-hybridized carbons (Fsp3) is 0.353. The Morgan fingerprint density at radius 2 is 1.70 bits per heavy atom. The lowest BCUT2D eigenvalue weighted by Crippen LogP contribution is -2.52. The molecule has 0 heterocycles. The molecule has 0 bridgehead atoms. The number of carbonyl (C=O) groups is 3. The van der Waals surface area contributed by atoms with Crippen LogP contribution in [0.2, 0.25) is 0 Å². The van der Waals surface area contributed by atoms with Gasteiger partial charge in [0.25, 0.3) is 0 Å². The average molecular weight is 318 g/mol. The Morgan fingerprint density at radius 3 is 2.17 bits per heavy atom. The van der Waals surface area contributed by atoms with Gasteiger partial charge in [-0.1, -0.05) is 35.9 Å². The Hall–Kier alpha value is -2.63. The molecule has 0 aliphatic rings. The summed E-state index contributed by atoms with van der Waals surface area (Å²) in [5.41, 5.74) is 1.52. The summed E-state index contributed by atoms with van der Waals surface area (Å²) in [6.07, 6.45) is 0.421. The van der Waals surface area contributed by atoms with Crippen molar-refractivity contribution in [1.29, 1.82) is 0 Å². The Kier molecular flexibility index (Phi) is 6.99. The van der Waals surface area contributed by atoms with Crippen LogP contribution in [0.25, 0.3) is 0 Å². The minimum absolute atomic E-state index is 0.138. The minimum atomic E-state index is -1.14. The predicted molar refractivity (Wildman–Crippen MR) is 86.7 cm³/mol. The van der Waals surface area contributed by atoms with E-state index in [0.717, 1.165) is 5.56 Å². The highest BCUT2D eigenvalue weighted by atomic mass is 16.4. The quantitative estimate of drug-likeness (QED) is 0.629. The van der Waals surface area contributed by atoms with E-state index < -0.39 is 24.0 Å². The monoisotopic (exact) mass is 318 g/mol. The van der Waals surface area contributed by atoms with Crippen LogP contribution < -0.4 is 10.6 Å². The second-order valence-electron chi connectivity index (χ2n) is 5.50. The number of carbonyl (C=O) groups excluding carboxylic acids is 2. The van der Waals surface area contributed by atoms with Crippen molar-refractivity contribution in [3.63, 3.8) is 0 Å². The van der Waals surface area contributed by atoms with Gasteiger partial charge in [0.2, 0.25) is 11.8 Å². The van der Waals surface area contributed by atoms with Crippen molar-refractivity contribution in [3.8, 4) is 0 Å². The molecule has 0 spiro atoms. The number of hydrogen-bond donors (Lipinski definition) is 3. The van der Waals surface area contributed by atoms with Gasteiger partial charge in [-0.3, -0.25) is 9.59 Å². The van der Waals surface area contributed by atoms with Crippen molar-refractivity contribution in [2.75, 3.05) is 0 Å². The molecule has 0 radical (unpaired) electrons. The zero-order valence-electron chi connectivity index (χ0n) is 13.3. The molecule has 0 aliphatic heterocycles. The molecule has 3 N–H and O–H groups in total. The van der Waals surface area contributed by atoms with Crippen molar-refractivity contribution < 1.29 is 19.5 Å². The molecule has 0 fully saturated rings. The fourth-order valence-corrected chi connectivity index (χ4v) is 2.13. The second kappa shape index (κ2) is 8.73. The maximum Gasteiger partial charge on any atom is 0.326 e. The molecular formula is C17H22N2O4. The van der Waals surface area contributed by atoms with E-state index in [1.807, 2.05) is 30.3 Å². The number of carboxylic acids is 1. The zero-order valence-corrected chi connectivity index (χ0v) is 13.3. The predicted octanol–water partition coefficient (Wildman–Crippen LogP) is 1.27. The van der Waals surface area contributed by atoms with E-state index in [2.05, 4.69) is 17.2 Å². The third-order valence-electron chi connectivity index (χ3n) is 3.14. The molecule has 23 heavy (non-hydrogen) atoms. The lowest BCUT2D eigenvalue weighted by molar-refractivity contribution is -0.142. The summed E-state index contributed by atoms with van der Waals surface area (Å²) in [6.45, 7) is 6.67. The first-order valence-electron chi connectivity index (χ1n) is 7.28. The van der Waals surface area contributed by atoms with Crippen molar-refractivity contribution >= 4 is 17.8 Å². The first kappa shape index (κ1) is 18.4. The highest BCUT2D eigenvalue weighted by molar-refractivity contribution is 5.90. The van der Waals surface area contributed by atoms with Gasteiger partial charge in [0, 0.05) is 13.3 Å². The number of nitrogens with one attached hydrogen (secondary N) is 2. The van der Waals surface area contributed by atoms with Crippen molar-refractivity contribution in [2.24, 2.45) is 0 Å². The van der Waals surface area contributed by atoms with Crippen LogP contribution in [0.5, 0.6) is 0 Å². The fourth-order valence-electron chi connectivity index (χ4n) is 2.13. The summed E-state index contributed by atoms with van der Waals surface area (Å²) in [5, 5.41) is 14.2. The van der Waals surface area contributed by atoms with E-state index >= 15 is 0 Å². The Labute approximate surface area is 135 Å². The first-order valence-corrected chi connectivity index (χ1v) is 7.28. The van der Waals surface area contributed by atoms with Crippen molar-refractivity contribution in [1.82, 2.24) is 10.6 Å². The summed E-state index contributed by atoms with van der Waals surface area (Å²) in [6, 6.07) is 7.30. The van der Waals surface area contributed by atoms with Crippen molar-refractivity contribution in [2.45, 2.75) is 38.8 Å². The summed E-state index contributed by atoms with van der Waals surface area (Å²) in [7, 11) is 0. The molecule has 0 saturated carbocycles. The molecular weight excluding hydrogens is 296 g/mol. The topological polar surface area (TPSA) is 95.5 Å². The second-order valence-corrected chi connectivity index (χ2v) is 5.50. The van der Waals surface area contributed by atoms with Crippen LogP contribution in [0, 0.1) is 0 Å². The van der Waals surface area contributed by atoms with Crippen LogP contribution in [0.4, 0.5) is 0 Å². The summed E-state index contributed by atoms with van der Waals surface area (Å²) >= 11 is 0. The van der Waals surface area contributed by atoms with Gasteiger partial charge in [-0.25, -0.2) is 4.79 Å². The standard InChI is InChI=1S/C17H22N2O4/c1-11(2)9-15(17(22)23)19-16(21)14(18-12(3)20)10-13-7-5-4-6-8-13/h4-8,14-15H,1,9-10H2,2-3H3,(H,18,20)(H,19,21)(H,22,23)/t14-,15+/m0/s1. The van der Waals surface area contributed by atoms with Gasteiger partial charge in [0.1, 0.15) is 12.1 Å². The van der Waals surface area contributed by atoms with Crippen LogP contribution in [0.1, 0.15) is 25.8 Å². The van der Waals surface area contributed by atoms with Gasteiger partial charge in [-0.2, -0.15) is 0 Å². The van der Waals surface area contributed by atoms with Gasteiger partial charge < -0.3 is 15.7 Å². The molecule has 124 valence electrons. The SMILES string of the molecule is C=C(C)C[C@@H](NC(=O)[C@H](Cc1ccccc1)NC(C)=O)C(=O)O. The van der Waals surface area contributed by atoms with Crippen LogP contribution >= 0.6 is 0 Å². The number of rotatable bonds is 8. The number of benzene rings is 1. The van der Waals surface area contributed by atoms with Gasteiger partial charge in [0.05, 0.1) is 0 Å². The van der Waals surface area contributed by atoms with E-state index in [1.165, 1.54) is 6.92 Å². The van der Waals surface area contributed by atoms with Crippen LogP contribution in [0.3, 0.4) is 0 Å². The molecule has 0 aromatic heterocycles. The highest BCUT2D eigenvalue weighted by Crippen LogP contribution is 2.06. The summed E-state index contributed by atoms with van der Waals surface area (Å²) in [5.74, 6) is -2.02. The van der Waals surface area contributed by atoms with Crippen LogP contribution in [-0.2, 0) is 20.8 Å². The number of carboxylic acid groups (broad SMARTS) is 1. The largest absolute Gasteiger partial charge is 0.480 e. The molecule has 0 unspecified atom stereocenters. The maximum atomic E-state index is 12.4. The molecule has 0 saturated heterocycles. The molecule has 1 rings (SSSR count). The van der Waals surface area contributed by atoms with E-state index in [4.69, 9.17) is 0 Å². The van der Waals surface area contributed by atoms with Gasteiger partial charge in [-0.15, -0.1) is 6.58 Å². The highest BCUT2D eigenvalue weighted by Gasteiger charge is 2.26.